The van der Waals surface area contributed by atoms with E-state index in [1.165, 1.54) is 43.3 Å². The van der Waals surface area contributed by atoms with Gasteiger partial charge >= 0.3 is 11.9 Å². The van der Waals surface area contributed by atoms with Crippen molar-refractivity contribution in [2.45, 2.75) is 30.4 Å². The molecule has 2 atom stereocenters. The fraction of sp³-hybridized carbons (Fsp3) is 0.160. The maximum absolute atomic E-state index is 12.7. The molecule has 0 fully saturated rings. The van der Waals surface area contributed by atoms with Gasteiger partial charge in [-0.3, -0.25) is 4.79 Å². The Hall–Kier alpha value is -4.02. The number of benzene rings is 3. The second-order valence-corrected chi connectivity index (χ2v) is 9.55. The van der Waals surface area contributed by atoms with Gasteiger partial charge in [-0.05, 0) is 60.5 Å². The van der Waals surface area contributed by atoms with Crippen LogP contribution in [0.2, 0.25) is 0 Å². The number of nitrogens with two attached hydrogens (primary N) is 1. The minimum absolute atomic E-state index is 0.0965. The third-order valence-electron chi connectivity index (χ3n) is 5.49. The fourth-order valence-corrected chi connectivity index (χ4v) is 4.15. The first-order valence-electron chi connectivity index (χ1n) is 10.7. The molecule has 2 unspecified atom stereocenters. The SMILES string of the molecule is CC(OC(=O)c1ccc2c(c1)CC(c1ccccc1)OC2=O)C(=O)Nc1ccc(S(N)(=O)=O)cc1. The quantitative estimate of drug-likeness (QED) is 0.502. The average molecular weight is 495 g/mol. The van der Waals surface area contributed by atoms with E-state index in [2.05, 4.69) is 5.32 Å². The molecule has 35 heavy (non-hydrogen) atoms. The largest absolute Gasteiger partial charge is 0.454 e. The minimum Gasteiger partial charge on any atom is -0.454 e. The monoisotopic (exact) mass is 494 g/mol. The number of carbonyl (C=O) groups is 3. The number of esters is 2. The second-order valence-electron chi connectivity index (χ2n) is 7.99. The third kappa shape index (κ3) is 5.56. The number of hydrogen-bond donors (Lipinski definition) is 2. The number of anilines is 1. The lowest BCUT2D eigenvalue weighted by Crippen LogP contribution is -2.30. The van der Waals surface area contributed by atoms with Crippen LogP contribution in [-0.2, 0) is 30.7 Å². The maximum Gasteiger partial charge on any atom is 0.339 e. The Morgan fingerprint density at radius 1 is 1.06 bits per heavy atom. The number of rotatable bonds is 6. The summed E-state index contributed by atoms with van der Waals surface area (Å²) in [6.45, 7) is 1.41. The van der Waals surface area contributed by atoms with Gasteiger partial charge in [-0.2, -0.15) is 0 Å². The second kappa shape index (κ2) is 9.69. The highest BCUT2D eigenvalue weighted by molar-refractivity contribution is 7.89. The molecule has 3 N–H and O–H groups in total. The lowest BCUT2D eigenvalue weighted by Gasteiger charge is -2.25. The van der Waals surface area contributed by atoms with E-state index in [0.29, 0.717) is 23.2 Å². The van der Waals surface area contributed by atoms with Gasteiger partial charge in [0.25, 0.3) is 5.91 Å². The summed E-state index contributed by atoms with van der Waals surface area (Å²) in [4.78, 5) is 37.5. The highest BCUT2D eigenvalue weighted by atomic mass is 32.2. The van der Waals surface area contributed by atoms with E-state index < -0.39 is 40.1 Å². The number of sulfonamides is 1. The van der Waals surface area contributed by atoms with E-state index in [0.717, 1.165) is 5.56 Å². The first-order chi connectivity index (χ1) is 16.6. The first-order valence-corrected chi connectivity index (χ1v) is 12.2. The summed E-state index contributed by atoms with van der Waals surface area (Å²) >= 11 is 0. The van der Waals surface area contributed by atoms with Gasteiger partial charge in [-0.15, -0.1) is 0 Å². The van der Waals surface area contributed by atoms with Gasteiger partial charge in [-0.25, -0.2) is 23.1 Å². The van der Waals surface area contributed by atoms with Crippen molar-refractivity contribution in [1.82, 2.24) is 0 Å². The van der Waals surface area contributed by atoms with Crippen LogP contribution in [0.1, 0.15) is 44.9 Å². The number of nitrogens with one attached hydrogen (secondary N) is 1. The van der Waals surface area contributed by atoms with Crippen molar-refractivity contribution in [3.8, 4) is 0 Å². The number of fused-ring (bicyclic) bond motifs is 1. The Kier molecular flexibility index (Phi) is 6.68. The molecule has 1 heterocycles. The van der Waals surface area contributed by atoms with E-state index in [4.69, 9.17) is 14.6 Å². The summed E-state index contributed by atoms with van der Waals surface area (Å²) in [7, 11) is -3.85. The predicted octanol–water partition coefficient (Wildman–Crippen LogP) is 2.97. The smallest absolute Gasteiger partial charge is 0.339 e. The molecule has 180 valence electrons. The minimum atomic E-state index is -3.85. The summed E-state index contributed by atoms with van der Waals surface area (Å²) in [6.07, 6.45) is -1.21. The molecule has 1 aliphatic heterocycles. The van der Waals surface area contributed by atoms with Crippen molar-refractivity contribution in [2.24, 2.45) is 5.14 Å². The van der Waals surface area contributed by atoms with Crippen LogP contribution in [-0.4, -0.2) is 32.4 Å². The van der Waals surface area contributed by atoms with Crippen LogP contribution in [0, 0.1) is 0 Å². The highest BCUT2D eigenvalue weighted by Crippen LogP contribution is 2.31. The van der Waals surface area contributed by atoms with E-state index in [1.54, 1.807) is 6.07 Å². The summed E-state index contributed by atoms with van der Waals surface area (Å²) < 4.78 is 33.5. The van der Waals surface area contributed by atoms with Crippen molar-refractivity contribution < 1.29 is 32.3 Å². The van der Waals surface area contributed by atoms with E-state index in [-0.39, 0.29) is 10.5 Å². The van der Waals surface area contributed by atoms with E-state index in [9.17, 15) is 22.8 Å². The Labute approximate surface area is 201 Å². The van der Waals surface area contributed by atoms with E-state index >= 15 is 0 Å². The zero-order chi connectivity index (χ0) is 25.2. The average Bonchev–Trinajstić information content (AvgIpc) is 2.83. The Morgan fingerprint density at radius 3 is 2.40 bits per heavy atom. The van der Waals surface area contributed by atoms with Crippen molar-refractivity contribution >= 4 is 33.6 Å². The molecule has 4 rings (SSSR count). The van der Waals surface area contributed by atoms with Gasteiger partial charge in [0.05, 0.1) is 16.0 Å². The Bertz CT molecular complexity index is 1390. The molecule has 1 aliphatic rings. The number of hydrogen-bond acceptors (Lipinski definition) is 7. The summed E-state index contributed by atoms with van der Waals surface area (Å²) in [6, 6.07) is 19.1. The lowest BCUT2D eigenvalue weighted by molar-refractivity contribution is -0.123. The topological polar surface area (TPSA) is 142 Å². The summed E-state index contributed by atoms with van der Waals surface area (Å²) in [5, 5.41) is 7.60. The third-order valence-corrected chi connectivity index (χ3v) is 6.42. The zero-order valence-electron chi connectivity index (χ0n) is 18.6. The predicted molar refractivity (Wildman–Crippen MR) is 126 cm³/mol. The Balaban J connectivity index is 1.42. The van der Waals surface area contributed by atoms with Gasteiger partial charge in [0.1, 0.15) is 6.10 Å². The van der Waals surface area contributed by atoms with Crippen LogP contribution in [0.5, 0.6) is 0 Å². The molecule has 3 aromatic rings. The van der Waals surface area contributed by atoms with Gasteiger partial charge < -0.3 is 14.8 Å². The normalized spacial score (nSPS) is 15.9. The molecule has 10 heteroatoms. The van der Waals surface area contributed by atoms with Crippen molar-refractivity contribution in [3.63, 3.8) is 0 Å². The zero-order valence-corrected chi connectivity index (χ0v) is 19.4. The standard InChI is InChI=1S/C25H22N2O7S/c1-15(23(28)27-19-8-10-20(11-9-19)35(26,31)32)33-24(29)17-7-12-21-18(13-17)14-22(34-25(21)30)16-5-3-2-4-6-16/h2-13,15,22H,14H2,1H3,(H,27,28)(H2,26,31,32). The molecule has 1 amide bonds. The van der Waals surface area contributed by atoms with Crippen LogP contribution < -0.4 is 10.5 Å². The number of cyclic esters (lactones) is 1. The molecule has 0 aromatic heterocycles. The van der Waals surface area contributed by atoms with Gasteiger partial charge in [0.2, 0.25) is 10.0 Å². The molecule has 0 saturated heterocycles. The van der Waals surface area contributed by atoms with Crippen LogP contribution in [0.25, 0.3) is 0 Å². The Morgan fingerprint density at radius 2 is 1.74 bits per heavy atom. The van der Waals surface area contributed by atoms with Crippen LogP contribution in [0.3, 0.4) is 0 Å². The molecule has 0 aliphatic carbocycles. The number of primary sulfonamides is 1. The molecule has 9 nitrogen and oxygen atoms in total. The van der Waals surface area contributed by atoms with Crippen molar-refractivity contribution in [2.75, 3.05) is 5.32 Å². The number of ether oxygens (including phenoxy) is 2. The molecular formula is C25H22N2O7S. The summed E-state index contributed by atoms with van der Waals surface area (Å²) in [5.41, 5.74) is 2.38. The van der Waals surface area contributed by atoms with Gasteiger partial charge in [0.15, 0.2) is 6.10 Å². The molecular weight excluding hydrogens is 472 g/mol. The number of carbonyl (C=O) groups excluding carboxylic acids is 3. The molecule has 3 aromatic carbocycles. The van der Waals surface area contributed by atoms with Crippen LogP contribution >= 0.6 is 0 Å². The molecule has 0 bridgehead atoms. The molecule has 0 saturated carbocycles. The molecule has 0 radical (unpaired) electrons. The first kappa shape index (κ1) is 24.1. The fourth-order valence-electron chi connectivity index (χ4n) is 3.63. The number of amides is 1. The van der Waals surface area contributed by atoms with E-state index in [1.807, 2.05) is 30.3 Å². The maximum atomic E-state index is 12.7. The van der Waals surface area contributed by atoms with Gasteiger partial charge in [-0.1, -0.05) is 30.3 Å². The molecule has 0 spiro atoms. The van der Waals surface area contributed by atoms with Gasteiger partial charge in [0, 0.05) is 12.1 Å². The summed E-state index contributed by atoms with van der Waals surface area (Å²) in [5.74, 6) is -1.80. The van der Waals surface area contributed by atoms with Crippen molar-refractivity contribution in [3.05, 3.63) is 95.1 Å². The lowest BCUT2D eigenvalue weighted by atomic mass is 9.93. The van der Waals surface area contributed by atoms with Crippen molar-refractivity contribution in [1.29, 1.82) is 0 Å². The van der Waals surface area contributed by atoms with Crippen LogP contribution in [0.4, 0.5) is 5.69 Å². The highest BCUT2D eigenvalue weighted by Gasteiger charge is 2.29. The van der Waals surface area contributed by atoms with Crippen LogP contribution in [0.15, 0.2) is 77.7 Å².